The molecule has 7 nitrogen and oxygen atoms in total. The van der Waals surface area contributed by atoms with E-state index in [1.165, 1.54) is 22.7 Å². The number of nitrogens with zero attached hydrogens (tertiary/aromatic N) is 2. The topological polar surface area (TPSA) is 90.8 Å². The first-order valence-electron chi connectivity index (χ1n) is 15.7. The molecule has 2 aliphatic rings. The van der Waals surface area contributed by atoms with Gasteiger partial charge < -0.3 is 0 Å². The Kier molecular flexibility index (Phi) is 7.54. The minimum atomic E-state index is -3.82. The van der Waals surface area contributed by atoms with Crippen LogP contribution in [0, 0.1) is 5.41 Å². The van der Waals surface area contributed by atoms with E-state index >= 15 is 0 Å². The summed E-state index contributed by atoms with van der Waals surface area (Å²) in [5, 5.41) is 8.24. The molecule has 0 saturated heterocycles. The second kappa shape index (κ2) is 12.1. The monoisotopic (exact) mass is 836 g/mol. The molecule has 0 aliphatic carbocycles. The molecule has 0 saturated carbocycles. The quantitative estimate of drug-likeness (QED) is 0.228. The molecule has 0 radical (unpaired) electrons. The molecule has 0 unspecified atom stereocenters. The van der Waals surface area contributed by atoms with E-state index in [-0.39, 0.29) is 17.3 Å². The fourth-order valence-electron chi connectivity index (χ4n) is 6.58. The van der Waals surface area contributed by atoms with Gasteiger partial charge in [-0.25, -0.2) is 0 Å². The molecule has 0 aromatic heterocycles. The standard InChI is InChI=1S/C23H14N3O4.3C6H5.Po/c1-25-20(24)18-11-14(7-9-16(18)21(25)27)30-15-8-10-17-19(12-15)23(29)26(22(17)28)13-5-3-2-4-6-13;3*1-2-4-6-5-3-1;/h3-12,24H,1H3;3*1-5H;. The van der Waals surface area contributed by atoms with Crippen LogP contribution in [0.4, 0.5) is 5.69 Å². The van der Waals surface area contributed by atoms with Gasteiger partial charge in [-0.05, 0) is 6.07 Å². The first-order valence-corrected chi connectivity index (χ1v) is 22.0. The molecule has 0 spiro atoms. The Morgan fingerprint density at radius 2 is 0.918 bits per heavy atom. The number of nitrogens with one attached hydrogen (secondary N) is 1. The smallest absolute Gasteiger partial charge is 0.269 e. The third-order valence-corrected chi connectivity index (χ3v) is 24.2. The molecule has 6 aromatic carbocycles. The van der Waals surface area contributed by atoms with Crippen LogP contribution in [-0.2, 0) is 0 Å². The number of imide groups is 1. The number of carbonyl (C=O) groups is 3. The van der Waals surface area contributed by atoms with Gasteiger partial charge in [-0.3, -0.25) is 15.1 Å². The molecular formula is C41H29N3O4Po. The molecule has 3 amide bonds. The first-order chi connectivity index (χ1) is 23.9. The van der Waals surface area contributed by atoms with Crippen LogP contribution >= 0.6 is 0 Å². The van der Waals surface area contributed by atoms with E-state index in [4.69, 9.17) is 10.1 Å². The molecular weight excluding hydrogens is 807 g/mol. The van der Waals surface area contributed by atoms with Crippen LogP contribution in [0.1, 0.15) is 36.6 Å². The number of anilines is 1. The van der Waals surface area contributed by atoms with Crippen LogP contribution in [0.2, 0.25) is 0 Å². The summed E-state index contributed by atoms with van der Waals surface area (Å²) in [6.07, 6.45) is 0. The van der Waals surface area contributed by atoms with Gasteiger partial charge in [0, 0.05) is 12.6 Å². The zero-order valence-corrected chi connectivity index (χ0v) is 29.5. The molecule has 0 fully saturated rings. The van der Waals surface area contributed by atoms with Crippen molar-refractivity contribution in [3.63, 3.8) is 0 Å². The zero-order chi connectivity index (χ0) is 33.7. The average molecular weight is 837 g/mol. The fraction of sp³-hybridized carbons (Fsp3) is 0.0244. The Labute approximate surface area is 288 Å². The number of fused-ring (bicyclic) bond motifs is 2. The zero-order valence-electron chi connectivity index (χ0n) is 26.4. The third-order valence-electron chi connectivity index (χ3n) is 8.95. The number of amides is 3. The molecule has 6 aromatic rings. The Morgan fingerprint density at radius 3 is 1.43 bits per heavy atom. The number of carbonyl (C=O) groups excluding carboxylic acids is 3. The van der Waals surface area contributed by atoms with E-state index in [1.807, 2.05) is 30.3 Å². The van der Waals surface area contributed by atoms with Gasteiger partial charge in [-0.2, -0.15) is 0 Å². The molecule has 0 atom stereocenters. The molecule has 1 N–H and O–H groups in total. The normalized spacial score (nSPS) is 14.2. The Balaban J connectivity index is 1.14. The van der Waals surface area contributed by atoms with Gasteiger partial charge in [0.05, 0.1) is 5.56 Å². The van der Waals surface area contributed by atoms with Crippen molar-refractivity contribution in [2.24, 2.45) is 0 Å². The van der Waals surface area contributed by atoms with Crippen molar-refractivity contribution in [2.75, 3.05) is 11.9 Å². The van der Waals surface area contributed by atoms with Crippen molar-refractivity contribution in [1.82, 2.24) is 4.90 Å². The molecule has 0 bridgehead atoms. The summed E-state index contributed by atoms with van der Waals surface area (Å²) in [6, 6.07) is 49.7. The molecule has 8 heteroatoms. The molecule has 2 aliphatic heterocycles. The van der Waals surface area contributed by atoms with Crippen LogP contribution in [0.25, 0.3) is 0 Å². The summed E-state index contributed by atoms with van der Waals surface area (Å²) < 4.78 is 11.1. The fourth-order valence-corrected chi connectivity index (χ4v) is 21.6. The van der Waals surface area contributed by atoms with Gasteiger partial charge in [0.15, 0.2) is 0 Å². The Bertz CT molecular complexity index is 2200. The van der Waals surface area contributed by atoms with Gasteiger partial charge >= 0.3 is 238 Å². The average Bonchev–Trinajstić information content (AvgIpc) is 3.52. The van der Waals surface area contributed by atoms with E-state index in [0.717, 1.165) is 0 Å². The number of amidine groups is 1. The van der Waals surface area contributed by atoms with Crippen molar-refractivity contribution >= 4 is 62.7 Å². The van der Waals surface area contributed by atoms with Crippen molar-refractivity contribution < 1.29 is 19.1 Å². The van der Waals surface area contributed by atoms with Crippen molar-refractivity contribution in [3.8, 4) is 11.5 Å². The third kappa shape index (κ3) is 4.91. The Hall–Kier alpha value is -5.70. The molecule has 238 valence electrons. The summed E-state index contributed by atoms with van der Waals surface area (Å²) in [7, 11) is 1.56. The van der Waals surface area contributed by atoms with E-state index in [1.54, 1.807) is 43.4 Å². The van der Waals surface area contributed by atoms with Gasteiger partial charge in [-0.1, -0.05) is 0 Å². The van der Waals surface area contributed by atoms with Crippen LogP contribution in [-0.4, -0.2) is 56.1 Å². The van der Waals surface area contributed by atoms with Crippen LogP contribution in [0.3, 0.4) is 0 Å². The van der Waals surface area contributed by atoms with Crippen LogP contribution in [0.5, 0.6) is 11.5 Å². The summed E-state index contributed by atoms with van der Waals surface area (Å²) in [5.74, 6) is -0.176. The van der Waals surface area contributed by atoms with E-state index < -0.39 is 32.4 Å². The first kappa shape index (κ1) is 30.6. The van der Waals surface area contributed by atoms with Crippen LogP contribution < -0.4 is 22.5 Å². The predicted molar refractivity (Wildman–Crippen MR) is 193 cm³/mol. The second-order valence-corrected chi connectivity index (χ2v) is 23.8. The van der Waals surface area contributed by atoms with Gasteiger partial charge in [0.1, 0.15) is 5.84 Å². The minimum Gasteiger partial charge on any atom is -0.269 e. The summed E-state index contributed by atoms with van der Waals surface area (Å²) in [6.45, 7) is 0. The minimum absolute atomic E-state index is 0.0967. The Morgan fingerprint density at radius 1 is 0.490 bits per heavy atom. The van der Waals surface area contributed by atoms with Gasteiger partial charge in [0.25, 0.3) is 5.91 Å². The SMILES string of the molecule is CN1C(=N)c2cc(Oc3ccc4c(c3)C(=O)N(c3cc[c]([Po]([c]5ccccc5)([c]5ccccc5)[c]5ccccc5)cc3)C4=O)ccc2C1=O. The van der Waals surface area contributed by atoms with E-state index in [9.17, 15) is 14.4 Å². The van der Waals surface area contributed by atoms with Gasteiger partial charge in [0.2, 0.25) is 0 Å². The number of hydrogen-bond acceptors (Lipinski definition) is 5. The molecule has 8 rings (SSSR count). The van der Waals surface area contributed by atoms with Crippen molar-refractivity contribution in [1.29, 1.82) is 5.41 Å². The second-order valence-electron chi connectivity index (χ2n) is 11.7. The number of ether oxygens (including phenoxy) is 1. The number of hydrogen-bond donors (Lipinski definition) is 1. The molecule has 2 heterocycles. The summed E-state index contributed by atoms with van der Waals surface area (Å²) in [5.41, 5.74) is 1.97. The van der Waals surface area contributed by atoms with E-state index in [2.05, 4.69) is 84.9 Å². The predicted octanol–water partition coefficient (Wildman–Crippen LogP) is 5.07. The van der Waals surface area contributed by atoms with Crippen LogP contribution in [0.15, 0.2) is 152 Å². The summed E-state index contributed by atoms with van der Waals surface area (Å²) in [4.78, 5) is 42.3. The van der Waals surface area contributed by atoms with Crippen molar-refractivity contribution in [2.45, 2.75) is 0 Å². The van der Waals surface area contributed by atoms with Gasteiger partial charge in [-0.15, -0.1) is 0 Å². The molecule has 49 heavy (non-hydrogen) atoms. The van der Waals surface area contributed by atoms with Crippen molar-refractivity contribution in [3.05, 3.63) is 174 Å². The van der Waals surface area contributed by atoms with E-state index in [0.29, 0.717) is 33.9 Å². The maximum atomic E-state index is 13.8. The number of benzene rings is 6. The number of rotatable bonds is 7. The summed E-state index contributed by atoms with van der Waals surface area (Å²) >= 11 is -3.82. The maximum absolute atomic E-state index is 13.8.